The number of ether oxygens (including phenoxy) is 3. The van der Waals surface area contributed by atoms with E-state index in [9.17, 15) is 14.4 Å². The lowest BCUT2D eigenvalue weighted by molar-refractivity contribution is -0.111. The molecular formula is C27H27NO6S. The van der Waals surface area contributed by atoms with Crippen molar-refractivity contribution in [2.24, 2.45) is 0 Å². The molecule has 0 aliphatic heterocycles. The Balaban J connectivity index is 1.68. The molecule has 0 fully saturated rings. The van der Waals surface area contributed by atoms with Crippen LogP contribution in [0, 0.1) is 6.92 Å². The van der Waals surface area contributed by atoms with E-state index in [0.717, 1.165) is 28.2 Å². The van der Waals surface area contributed by atoms with E-state index in [1.165, 1.54) is 6.08 Å². The number of benzene rings is 2. The second-order valence-corrected chi connectivity index (χ2v) is 8.39. The predicted molar refractivity (Wildman–Crippen MR) is 136 cm³/mol. The van der Waals surface area contributed by atoms with Crippen molar-refractivity contribution >= 4 is 40.3 Å². The van der Waals surface area contributed by atoms with Crippen molar-refractivity contribution in [2.75, 3.05) is 18.5 Å². The Kier molecular flexibility index (Phi) is 9.20. The molecule has 182 valence electrons. The molecule has 3 aromatic rings. The maximum absolute atomic E-state index is 12.6. The lowest BCUT2D eigenvalue weighted by Gasteiger charge is -2.06. The van der Waals surface area contributed by atoms with Crippen LogP contribution in [0.3, 0.4) is 0 Å². The second-order valence-electron chi connectivity index (χ2n) is 7.37. The van der Waals surface area contributed by atoms with E-state index in [-0.39, 0.29) is 28.7 Å². The zero-order valence-corrected chi connectivity index (χ0v) is 20.6. The van der Waals surface area contributed by atoms with Gasteiger partial charge in [0.25, 0.3) is 0 Å². The quantitative estimate of drug-likeness (QED) is 0.290. The lowest BCUT2D eigenvalue weighted by atomic mass is 10.1. The SMILES string of the molecule is CCOC(=O)c1sc(NC(=O)/C=C/c2ccc(OCc3ccccc3)cc2)c(C(=O)OCC)c1C. The van der Waals surface area contributed by atoms with Gasteiger partial charge in [-0.15, -0.1) is 11.3 Å². The van der Waals surface area contributed by atoms with Gasteiger partial charge in [-0.1, -0.05) is 42.5 Å². The number of nitrogens with one attached hydrogen (secondary N) is 1. The highest BCUT2D eigenvalue weighted by molar-refractivity contribution is 7.18. The van der Waals surface area contributed by atoms with Gasteiger partial charge in [0.1, 0.15) is 22.2 Å². The first-order chi connectivity index (χ1) is 16.9. The van der Waals surface area contributed by atoms with Crippen molar-refractivity contribution in [1.29, 1.82) is 0 Å². The topological polar surface area (TPSA) is 90.9 Å². The van der Waals surface area contributed by atoms with Gasteiger partial charge in [-0.2, -0.15) is 0 Å². The molecule has 0 bridgehead atoms. The van der Waals surface area contributed by atoms with Crippen molar-refractivity contribution in [2.45, 2.75) is 27.4 Å². The van der Waals surface area contributed by atoms with Crippen LogP contribution in [0.4, 0.5) is 5.00 Å². The van der Waals surface area contributed by atoms with Crippen molar-refractivity contribution in [3.8, 4) is 5.75 Å². The van der Waals surface area contributed by atoms with Gasteiger partial charge >= 0.3 is 11.9 Å². The number of esters is 2. The third-order valence-corrected chi connectivity index (χ3v) is 6.07. The van der Waals surface area contributed by atoms with Crippen molar-refractivity contribution in [3.05, 3.63) is 87.8 Å². The molecule has 0 radical (unpaired) electrons. The molecule has 0 spiro atoms. The molecule has 0 unspecified atom stereocenters. The number of hydrogen-bond acceptors (Lipinski definition) is 7. The maximum atomic E-state index is 12.6. The van der Waals surface area contributed by atoms with Crippen LogP contribution >= 0.6 is 11.3 Å². The molecule has 0 aliphatic carbocycles. The summed E-state index contributed by atoms with van der Waals surface area (Å²) in [6.45, 7) is 5.84. The lowest BCUT2D eigenvalue weighted by Crippen LogP contribution is -2.13. The van der Waals surface area contributed by atoms with Crippen LogP contribution in [-0.2, 0) is 20.9 Å². The number of amides is 1. The van der Waals surface area contributed by atoms with Gasteiger partial charge in [-0.25, -0.2) is 9.59 Å². The summed E-state index contributed by atoms with van der Waals surface area (Å²) >= 11 is 0.986. The van der Waals surface area contributed by atoms with E-state index in [2.05, 4.69) is 5.32 Å². The molecule has 1 heterocycles. The first kappa shape index (κ1) is 25.7. The highest BCUT2D eigenvalue weighted by atomic mass is 32.1. The van der Waals surface area contributed by atoms with E-state index < -0.39 is 17.8 Å². The predicted octanol–water partition coefficient (Wildman–Crippen LogP) is 5.64. The molecule has 1 aromatic heterocycles. The number of carbonyl (C=O) groups is 3. The first-order valence-electron chi connectivity index (χ1n) is 11.2. The summed E-state index contributed by atoms with van der Waals surface area (Å²) in [5.74, 6) is -0.889. The molecule has 0 atom stereocenters. The molecule has 1 amide bonds. The number of anilines is 1. The van der Waals surface area contributed by atoms with E-state index in [4.69, 9.17) is 14.2 Å². The summed E-state index contributed by atoms with van der Waals surface area (Å²) in [5, 5.41) is 2.93. The number of rotatable bonds is 10. The third kappa shape index (κ3) is 7.04. The Hall–Kier alpha value is -3.91. The summed E-state index contributed by atoms with van der Waals surface area (Å²) in [6, 6.07) is 17.2. The van der Waals surface area contributed by atoms with Gasteiger partial charge in [0.05, 0.1) is 18.8 Å². The van der Waals surface area contributed by atoms with Crippen molar-refractivity contribution in [1.82, 2.24) is 0 Å². The third-order valence-electron chi connectivity index (χ3n) is 4.88. The summed E-state index contributed by atoms with van der Waals surface area (Å²) in [7, 11) is 0. The van der Waals surface area contributed by atoms with Gasteiger partial charge in [0, 0.05) is 6.08 Å². The molecule has 0 saturated carbocycles. The van der Waals surface area contributed by atoms with Crippen LogP contribution in [0.2, 0.25) is 0 Å². The van der Waals surface area contributed by atoms with Gasteiger partial charge in [-0.05, 0) is 55.7 Å². The molecular weight excluding hydrogens is 466 g/mol. The number of hydrogen-bond donors (Lipinski definition) is 1. The minimum Gasteiger partial charge on any atom is -0.489 e. The average molecular weight is 494 g/mol. The smallest absolute Gasteiger partial charge is 0.348 e. The van der Waals surface area contributed by atoms with E-state index in [1.807, 2.05) is 54.6 Å². The van der Waals surface area contributed by atoms with Gasteiger partial charge < -0.3 is 19.5 Å². The highest BCUT2D eigenvalue weighted by Gasteiger charge is 2.27. The maximum Gasteiger partial charge on any atom is 0.348 e. The van der Waals surface area contributed by atoms with Crippen LogP contribution in [0.1, 0.15) is 50.6 Å². The Bertz CT molecular complexity index is 1200. The molecule has 35 heavy (non-hydrogen) atoms. The van der Waals surface area contributed by atoms with E-state index >= 15 is 0 Å². The molecule has 1 N–H and O–H groups in total. The van der Waals surface area contributed by atoms with Crippen LogP contribution in [0.15, 0.2) is 60.7 Å². The molecule has 8 heteroatoms. The molecule has 0 aliphatic rings. The number of carbonyl (C=O) groups excluding carboxylic acids is 3. The van der Waals surface area contributed by atoms with Crippen molar-refractivity contribution in [3.63, 3.8) is 0 Å². The molecule has 0 saturated heterocycles. The average Bonchev–Trinajstić information content (AvgIpc) is 3.18. The van der Waals surface area contributed by atoms with Crippen LogP contribution < -0.4 is 10.1 Å². The summed E-state index contributed by atoms with van der Waals surface area (Å²) in [4.78, 5) is 37.6. The molecule has 7 nitrogen and oxygen atoms in total. The fourth-order valence-electron chi connectivity index (χ4n) is 3.18. The Morgan fingerprint density at radius 1 is 0.914 bits per heavy atom. The Labute approximate surface area is 208 Å². The van der Waals surface area contributed by atoms with Gasteiger partial charge in [0.2, 0.25) is 5.91 Å². The summed E-state index contributed by atoms with van der Waals surface area (Å²) in [5.41, 5.74) is 2.44. The zero-order chi connectivity index (χ0) is 25.2. The molecule has 3 rings (SSSR count). The number of thiophene rings is 1. The minimum atomic E-state index is -0.609. The fourth-order valence-corrected chi connectivity index (χ4v) is 4.28. The van der Waals surface area contributed by atoms with Crippen LogP contribution in [-0.4, -0.2) is 31.1 Å². The van der Waals surface area contributed by atoms with E-state index in [0.29, 0.717) is 12.2 Å². The second kappa shape index (κ2) is 12.5. The normalized spacial score (nSPS) is 10.7. The Morgan fingerprint density at radius 2 is 1.57 bits per heavy atom. The van der Waals surface area contributed by atoms with Crippen LogP contribution in [0.5, 0.6) is 5.75 Å². The highest BCUT2D eigenvalue weighted by Crippen LogP contribution is 2.34. The van der Waals surface area contributed by atoms with Crippen molar-refractivity contribution < 1.29 is 28.6 Å². The van der Waals surface area contributed by atoms with Crippen LogP contribution in [0.25, 0.3) is 6.08 Å². The Morgan fingerprint density at radius 3 is 2.23 bits per heavy atom. The minimum absolute atomic E-state index is 0.154. The molecule has 2 aromatic carbocycles. The largest absolute Gasteiger partial charge is 0.489 e. The summed E-state index contributed by atoms with van der Waals surface area (Å²) < 4.78 is 15.9. The monoisotopic (exact) mass is 493 g/mol. The summed E-state index contributed by atoms with van der Waals surface area (Å²) in [6.07, 6.45) is 3.00. The van der Waals surface area contributed by atoms with E-state index in [1.54, 1.807) is 26.8 Å². The standard InChI is InChI=1S/C27H27NO6S/c1-4-32-26(30)23-18(3)24(27(31)33-5-2)35-25(23)28-22(29)16-13-19-11-14-21(15-12-19)34-17-20-9-7-6-8-10-20/h6-16H,4-5,17H2,1-3H3,(H,28,29)/b16-13+. The first-order valence-corrected chi connectivity index (χ1v) is 12.0. The zero-order valence-electron chi connectivity index (χ0n) is 19.8. The fraction of sp³-hybridized carbons (Fsp3) is 0.222. The van der Waals surface area contributed by atoms with Gasteiger partial charge in [-0.3, -0.25) is 4.79 Å². The van der Waals surface area contributed by atoms with Gasteiger partial charge in [0.15, 0.2) is 0 Å².